The lowest BCUT2D eigenvalue weighted by molar-refractivity contribution is -0.221. The van der Waals surface area contributed by atoms with Gasteiger partial charge in [-0.2, -0.15) is 0 Å². The lowest BCUT2D eigenvalue weighted by Crippen LogP contribution is -2.39. The van der Waals surface area contributed by atoms with Crippen molar-refractivity contribution in [1.29, 1.82) is 0 Å². The van der Waals surface area contributed by atoms with E-state index in [2.05, 4.69) is 42.5 Å². The molecule has 0 N–H and O–H groups in total. The predicted molar refractivity (Wildman–Crippen MR) is 66.7 cm³/mol. The van der Waals surface area contributed by atoms with Crippen molar-refractivity contribution in [2.45, 2.75) is 24.0 Å². The van der Waals surface area contributed by atoms with E-state index in [1.54, 1.807) is 14.2 Å². The molecular formula is C15H18O2. The van der Waals surface area contributed by atoms with Crippen LogP contribution in [0.25, 0.3) is 0 Å². The lowest BCUT2D eigenvalue weighted by Gasteiger charge is -2.35. The third-order valence-electron chi connectivity index (χ3n) is 4.40. The molecule has 0 amide bonds. The highest BCUT2D eigenvalue weighted by atomic mass is 16.7. The largest absolute Gasteiger partial charge is 0.353 e. The van der Waals surface area contributed by atoms with Crippen molar-refractivity contribution in [3.63, 3.8) is 0 Å². The number of ether oxygens (including phenoxy) is 2. The first-order chi connectivity index (χ1) is 8.25. The number of methoxy groups -OCH3 is 2. The first-order valence-corrected chi connectivity index (χ1v) is 6.10. The first kappa shape index (κ1) is 11.0. The molecule has 1 fully saturated rings. The quantitative estimate of drug-likeness (QED) is 0.587. The number of benzene rings is 1. The summed E-state index contributed by atoms with van der Waals surface area (Å²) in [6, 6.07) is 10.7. The van der Waals surface area contributed by atoms with Gasteiger partial charge in [-0.1, -0.05) is 42.5 Å². The Balaban J connectivity index is 2.01. The van der Waals surface area contributed by atoms with Crippen molar-refractivity contribution >= 4 is 0 Å². The van der Waals surface area contributed by atoms with Gasteiger partial charge in [-0.25, -0.2) is 0 Å². The Kier molecular flexibility index (Phi) is 2.39. The van der Waals surface area contributed by atoms with E-state index in [0.29, 0.717) is 5.92 Å². The normalized spacial score (nSPS) is 33.2. The molecular weight excluding hydrogens is 212 g/mol. The van der Waals surface area contributed by atoms with Gasteiger partial charge in [-0.15, -0.1) is 0 Å². The molecule has 0 spiro atoms. The second-order valence-electron chi connectivity index (χ2n) is 5.09. The van der Waals surface area contributed by atoms with Crippen LogP contribution >= 0.6 is 0 Å². The Morgan fingerprint density at radius 2 is 1.82 bits per heavy atom. The van der Waals surface area contributed by atoms with E-state index >= 15 is 0 Å². The number of fused-ring (bicyclic) bond motifs is 2. The molecule has 90 valence electrons. The Labute approximate surface area is 102 Å². The molecule has 0 radical (unpaired) electrons. The van der Waals surface area contributed by atoms with Gasteiger partial charge in [0.2, 0.25) is 0 Å². The maximum Gasteiger partial charge on any atom is 0.174 e. The van der Waals surface area contributed by atoms with Crippen molar-refractivity contribution in [1.82, 2.24) is 0 Å². The monoisotopic (exact) mass is 230 g/mol. The SMILES string of the molecule is COC1(OC)CC2(c3ccccc3)C=CC1C2. The van der Waals surface area contributed by atoms with Crippen LogP contribution in [0, 0.1) is 5.92 Å². The second kappa shape index (κ2) is 3.69. The van der Waals surface area contributed by atoms with E-state index in [4.69, 9.17) is 9.47 Å². The highest BCUT2D eigenvalue weighted by molar-refractivity contribution is 5.39. The van der Waals surface area contributed by atoms with Crippen LogP contribution in [0.2, 0.25) is 0 Å². The molecule has 0 saturated heterocycles. The van der Waals surface area contributed by atoms with E-state index in [0.717, 1.165) is 12.8 Å². The van der Waals surface area contributed by atoms with E-state index < -0.39 is 5.79 Å². The molecule has 3 rings (SSSR count). The molecule has 1 saturated carbocycles. The standard InChI is InChI=1S/C15H18O2/c1-16-15(17-2)11-14(9-8-13(15)10-14)12-6-4-3-5-7-12/h3-9,13H,10-11H2,1-2H3. The minimum absolute atomic E-state index is 0.109. The van der Waals surface area contributed by atoms with E-state index in [1.807, 2.05) is 0 Å². The summed E-state index contributed by atoms with van der Waals surface area (Å²) in [5.74, 6) is -0.0531. The highest BCUT2D eigenvalue weighted by Crippen LogP contribution is 2.57. The molecule has 0 aliphatic heterocycles. The van der Waals surface area contributed by atoms with Crippen LogP contribution < -0.4 is 0 Å². The molecule has 2 unspecified atom stereocenters. The van der Waals surface area contributed by atoms with Gasteiger partial charge in [-0.05, 0) is 12.0 Å². The summed E-state index contributed by atoms with van der Waals surface area (Å²) >= 11 is 0. The minimum Gasteiger partial charge on any atom is -0.353 e. The molecule has 1 aromatic rings. The molecule has 2 bridgehead atoms. The van der Waals surface area contributed by atoms with Crippen LogP contribution in [-0.2, 0) is 14.9 Å². The third kappa shape index (κ3) is 1.41. The summed E-state index contributed by atoms with van der Waals surface area (Å²) in [6.45, 7) is 0. The molecule has 2 aliphatic rings. The van der Waals surface area contributed by atoms with Gasteiger partial charge in [0.1, 0.15) is 0 Å². The third-order valence-corrected chi connectivity index (χ3v) is 4.40. The molecule has 2 nitrogen and oxygen atoms in total. The molecule has 0 heterocycles. The highest BCUT2D eigenvalue weighted by Gasteiger charge is 2.57. The Hall–Kier alpha value is -1.12. The Morgan fingerprint density at radius 3 is 2.41 bits per heavy atom. The second-order valence-corrected chi connectivity index (χ2v) is 5.09. The predicted octanol–water partition coefficient (Wildman–Crippen LogP) is 2.89. The lowest BCUT2D eigenvalue weighted by atomic mass is 9.79. The summed E-state index contributed by atoms with van der Waals surface area (Å²) in [4.78, 5) is 0. The maximum absolute atomic E-state index is 5.65. The van der Waals surface area contributed by atoms with Gasteiger partial charge >= 0.3 is 0 Å². The van der Waals surface area contributed by atoms with Crippen LogP contribution in [0.3, 0.4) is 0 Å². The van der Waals surface area contributed by atoms with E-state index in [-0.39, 0.29) is 5.41 Å². The van der Waals surface area contributed by atoms with E-state index in [1.165, 1.54) is 5.56 Å². The van der Waals surface area contributed by atoms with Gasteiger partial charge in [0.15, 0.2) is 5.79 Å². The van der Waals surface area contributed by atoms with Gasteiger partial charge in [0, 0.05) is 32.0 Å². The zero-order valence-corrected chi connectivity index (χ0v) is 10.3. The number of hydrogen-bond acceptors (Lipinski definition) is 2. The first-order valence-electron chi connectivity index (χ1n) is 6.10. The summed E-state index contributed by atoms with van der Waals surface area (Å²) in [5, 5.41) is 0. The number of allylic oxidation sites excluding steroid dienone is 1. The number of rotatable bonds is 3. The van der Waals surface area contributed by atoms with Crippen LogP contribution in [0.5, 0.6) is 0 Å². The number of hydrogen-bond donors (Lipinski definition) is 0. The van der Waals surface area contributed by atoms with Gasteiger partial charge in [0.25, 0.3) is 0 Å². The van der Waals surface area contributed by atoms with E-state index in [9.17, 15) is 0 Å². The fourth-order valence-corrected chi connectivity index (χ4v) is 3.45. The summed E-state index contributed by atoms with van der Waals surface area (Å²) in [5.41, 5.74) is 1.48. The Morgan fingerprint density at radius 1 is 1.12 bits per heavy atom. The van der Waals surface area contributed by atoms with Crippen LogP contribution in [-0.4, -0.2) is 20.0 Å². The topological polar surface area (TPSA) is 18.5 Å². The molecule has 0 aromatic heterocycles. The summed E-state index contributed by atoms with van der Waals surface area (Å²) in [6.07, 6.45) is 6.60. The maximum atomic E-state index is 5.65. The van der Waals surface area contributed by atoms with Gasteiger partial charge in [-0.3, -0.25) is 0 Å². The Bertz CT molecular complexity index is 433. The van der Waals surface area contributed by atoms with Crippen molar-refractivity contribution < 1.29 is 9.47 Å². The van der Waals surface area contributed by atoms with Gasteiger partial charge < -0.3 is 9.47 Å². The average Bonchev–Trinajstić information content (AvgIpc) is 2.97. The molecule has 2 atom stereocenters. The van der Waals surface area contributed by atoms with Crippen molar-refractivity contribution in [3.8, 4) is 0 Å². The molecule has 2 aliphatic carbocycles. The van der Waals surface area contributed by atoms with Crippen LogP contribution in [0.1, 0.15) is 18.4 Å². The summed E-state index contributed by atoms with van der Waals surface area (Å²) < 4.78 is 11.3. The zero-order chi connectivity index (χ0) is 11.9. The fourth-order valence-electron chi connectivity index (χ4n) is 3.45. The minimum atomic E-state index is -0.426. The van der Waals surface area contributed by atoms with Crippen molar-refractivity contribution in [2.24, 2.45) is 5.92 Å². The van der Waals surface area contributed by atoms with Crippen molar-refractivity contribution in [3.05, 3.63) is 48.0 Å². The average molecular weight is 230 g/mol. The van der Waals surface area contributed by atoms with Gasteiger partial charge in [0.05, 0.1) is 0 Å². The smallest absolute Gasteiger partial charge is 0.174 e. The van der Waals surface area contributed by atoms with Crippen LogP contribution in [0.15, 0.2) is 42.5 Å². The fraction of sp³-hybridized carbons (Fsp3) is 0.467. The van der Waals surface area contributed by atoms with Crippen molar-refractivity contribution in [2.75, 3.05) is 14.2 Å². The summed E-state index contributed by atoms with van der Waals surface area (Å²) in [7, 11) is 3.49. The zero-order valence-electron chi connectivity index (χ0n) is 10.3. The molecule has 17 heavy (non-hydrogen) atoms. The molecule has 2 heteroatoms. The van der Waals surface area contributed by atoms with Crippen LogP contribution in [0.4, 0.5) is 0 Å². The molecule has 1 aromatic carbocycles.